The maximum Gasteiger partial charge on any atom is 0.262 e. The van der Waals surface area contributed by atoms with E-state index in [4.69, 9.17) is 9.47 Å². The number of sulfonamides is 1. The summed E-state index contributed by atoms with van der Waals surface area (Å²) in [5, 5.41) is 2.74. The molecule has 162 valence electrons. The third-order valence-electron chi connectivity index (χ3n) is 4.27. The van der Waals surface area contributed by atoms with Crippen LogP contribution in [0.15, 0.2) is 83.8 Å². The molecule has 0 atom stereocenters. The molecule has 3 aromatic rings. The fraction of sp³-hybridized carbons (Fsp3) is 0.174. The van der Waals surface area contributed by atoms with E-state index in [2.05, 4.69) is 10.0 Å². The van der Waals surface area contributed by atoms with Gasteiger partial charge in [0.15, 0.2) is 6.61 Å². The zero-order chi connectivity index (χ0) is 22.1. The number of carbonyl (C=O) groups is 1. The van der Waals surface area contributed by atoms with E-state index in [1.54, 1.807) is 18.2 Å². The van der Waals surface area contributed by atoms with Crippen molar-refractivity contribution in [2.24, 2.45) is 0 Å². The highest BCUT2D eigenvalue weighted by molar-refractivity contribution is 7.89. The van der Waals surface area contributed by atoms with Crippen molar-refractivity contribution in [2.75, 3.05) is 18.5 Å². The van der Waals surface area contributed by atoms with E-state index in [0.717, 1.165) is 5.56 Å². The Morgan fingerprint density at radius 1 is 0.871 bits per heavy atom. The van der Waals surface area contributed by atoms with Gasteiger partial charge in [0.25, 0.3) is 5.91 Å². The van der Waals surface area contributed by atoms with Crippen LogP contribution in [0, 0.1) is 0 Å². The van der Waals surface area contributed by atoms with Crippen LogP contribution in [0.25, 0.3) is 0 Å². The Hall–Kier alpha value is -3.36. The van der Waals surface area contributed by atoms with E-state index in [0.29, 0.717) is 23.8 Å². The second-order valence-corrected chi connectivity index (χ2v) is 8.31. The zero-order valence-corrected chi connectivity index (χ0v) is 17.9. The normalized spacial score (nSPS) is 11.0. The first-order valence-electron chi connectivity index (χ1n) is 9.76. The summed E-state index contributed by atoms with van der Waals surface area (Å²) in [6, 6.07) is 22.3. The number of rotatable bonds is 10. The maximum absolute atomic E-state index is 12.4. The zero-order valence-electron chi connectivity index (χ0n) is 17.1. The molecule has 2 N–H and O–H groups in total. The number of hydrogen-bond donors (Lipinski definition) is 2. The molecule has 0 aliphatic carbocycles. The average Bonchev–Trinajstić information content (AvgIpc) is 2.79. The fourth-order valence-electron chi connectivity index (χ4n) is 2.76. The van der Waals surface area contributed by atoms with Crippen LogP contribution in [0.2, 0.25) is 0 Å². The van der Waals surface area contributed by atoms with E-state index >= 15 is 0 Å². The lowest BCUT2D eigenvalue weighted by molar-refractivity contribution is -0.118. The quantitative estimate of drug-likeness (QED) is 0.503. The summed E-state index contributed by atoms with van der Waals surface area (Å²) < 4.78 is 38.4. The Morgan fingerprint density at radius 3 is 2.26 bits per heavy atom. The van der Waals surface area contributed by atoms with E-state index in [1.165, 1.54) is 24.3 Å². The minimum atomic E-state index is -3.66. The minimum absolute atomic E-state index is 0.117. The van der Waals surface area contributed by atoms with Crippen LogP contribution < -0.4 is 19.5 Å². The Labute approximate surface area is 182 Å². The lowest BCUT2D eigenvalue weighted by atomic mass is 10.2. The summed E-state index contributed by atoms with van der Waals surface area (Å²) in [6.45, 7) is 2.32. The van der Waals surface area contributed by atoms with Crippen LogP contribution in [-0.4, -0.2) is 27.5 Å². The molecule has 0 heterocycles. The maximum atomic E-state index is 12.4. The van der Waals surface area contributed by atoms with E-state index in [9.17, 15) is 13.2 Å². The molecule has 8 heteroatoms. The highest BCUT2D eigenvalue weighted by Gasteiger charge is 2.14. The SMILES string of the molecule is CCOc1ccccc1NC(=O)COc1ccc(S(=O)(=O)NCc2ccccc2)cc1. The van der Waals surface area contributed by atoms with Crippen molar-refractivity contribution in [2.45, 2.75) is 18.4 Å². The Bertz CT molecular complexity index is 1100. The monoisotopic (exact) mass is 440 g/mol. The van der Waals surface area contributed by atoms with Crippen molar-refractivity contribution in [1.82, 2.24) is 4.72 Å². The number of benzene rings is 3. The molecule has 0 aliphatic heterocycles. The summed E-state index contributed by atoms with van der Waals surface area (Å²) in [4.78, 5) is 12.3. The van der Waals surface area contributed by atoms with Crippen LogP contribution in [0.1, 0.15) is 12.5 Å². The molecule has 0 saturated heterocycles. The van der Waals surface area contributed by atoms with Crippen molar-refractivity contribution < 1.29 is 22.7 Å². The van der Waals surface area contributed by atoms with Gasteiger partial charge in [-0.25, -0.2) is 13.1 Å². The van der Waals surface area contributed by atoms with Crippen molar-refractivity contribution in [3.05, 3.63) is 84.4 Å². The van der Waals surface area contributed by atoms with Crippen LogP contribution >= 0.6 is 0 Å². The predicted octanol–water partition coefficient (Wildman–Crippen LogP) is 3.58. The van der Waals surface area contributed by atoms with Gasteiger partial charge in [-0.05, 0) is 48.9 Å². The molecule has 0 aromatic heterocycles. The van der Waals surface area contributed by atoms with Crippen LogP contribution in [0.5, 0.6) is 11.5 Å². The molecule has 1 amide bonds. The van der Waals surface area contributed by atoms with E-state index < -0.39 is 10.0 Å². The Kier molecular flexibility index (Phi) is 7.64. The molecule has 3 aromatic carbocycles. The molecule has 0 spiro atoms. The molecule has 7 nitrogen and oxygen atoms in total. The first-order valence-corrected chi connectivity index (χ1v) is 11.2. The summed E-state index contributed by atoms with van der Waals surface area (Å²) in [7, 11) is -3.66. The topological polar surface area (TPSA) is 93.7 Å². The lowest BCUT2D eigenvalue weighted by Crippen LogP contribution is -2.23. The molecule has 0 aliphatic rings. The number of amides is 1. The third kappa shape index (κ3) is 6.56. The molecule has 0 radical (unpaired) electrons. The van der Waals surface area contributed by atoms with Gasteiger partial charge >= 0.3 is 0 Å². The smallest absolute Gasteiger partial charge is 0.262 e. The summed E-state index contributed by atoms with van der Waals surface area (Å²) >= 11 is 0. The predicted molar refractivity (Wildman–Crippen MR) is 119 cm³/mol. The highest BCUT2D eigenvalue weighted by atomic mass is 32.2. The minimum Gasteiger partial charge on any atom is -0.492 e. The van der Waals surface area contributed by atoms with Crippen molar-refractivity contribution in [3.63, 3.8) is 0 Å². The lowest BCUT2D eigenvalue weighted by Gasteiger charge is -2.12. The van der Waals surface area contributed by atoms with Crippen molar-refractivity contribution in [3.8, 4) is 11.5 Å². The van der Waals surface area contributed by atoms with Gasteiger partial charge < -0.3 is 14.8 Å². The van der Waals surface area contributed by atoms with Crippen LogP contribution in [0.3, 0.4) is 0 Å². The van der Waals surface area contributed by atoms with Crippen LogP contribution in [0.4, 0.5) is 5.69 Å². The highest BCUT2D eigenvalue weighted by Crippen LogP contribution is 2.23. The molecule has 0 saturated carbocycles. The summed E-state index contributed by atoms with van der Waals surface area (Å²) in [5.41, 5.74) is 1.42. The molecule has 0 bridgehead atoms. The summed E-state index contributed by atoms with van der Waals surface area (Å²) in [5.74, 6) is 0.611. The van der Waals surface area contributed by atoms with Crippen LogP contribution in [-0.2, 0) is 21.4 Å². The Morgan fingerprint density at radius 2 is 1.55 bits per heavy atom. The number of para-hydroxylation sites is 2. The first-order chi connectivity index (χ1) is 15.0. The van der Waals surface area contributed by atoms with Gasteiger partial charge in [-0.1, -0.05) is 42.5 Å². The third-order valence-corrected chi connectivity index (χ3v) is 5.69. The molecule has 0 unspecified atom stereocenters. The van der Waals surface area contributed by atoms with Crippen molar-refractivity contribution >= 4 is 21.6 Å². The first kappa shape index (κ1) is 22.3. The van der Waals surface area contributed by atoms with E-state index in [-0.39, 0.29) is 24.0 Å². The van der Waals surface area contributed by atoms with Gasteiger partial charge in [0.2, 0.25) is 10.0 Å². The molecular formula is C23H24N2O5S. The number of anilines is 1. The van der Waals surface area contributed by atoms with E-state index in [1.807, 2.05) is 43.3 Å². The second-order valence-electron chi connectivity index (χ2n) is 6.55. The van der Waals surface area contributed by atoms with Crippen molar-refractivity contribution in [1.29, 1.82) is 0 Å². The molecule has 0 fully saturated rings. The number of nitrogens with one attached hydrogen (secondary N) is 2. The number of ether oxygens (including phenoxy) is 2. The second kappa shape index (κ2) is 10.6. The number of hydrogen-bond acceptors (Lipinski definition) is 5. The average molecular weight is 441 g/mol. The summed E-state index contributed by atoms with van der Waals surface area (Å²) in [6.07, 6.45) is 0. The molecule has 3 rings (SSSR count). The standard InChI is InChI=1S/C23H24N2O5S/c1-2-29-22-11-7-6-10-21(22)25-23(26)17-30-19-12-14-20(15-13-19)31(27,28)24-16-18-8-4-3-5-9-18/h3-15,24H,2,16-17H2,1H3,(H,25,26). The van der Waals surface area contributed by atoms with Gasteiger partial charge in [0.1, 0.15) is 11.5 Å². The molecule has 31 heavy (non-hydrogen) atoms. The number of carbonyl (C=O) groups excluding carboxylic acids is 1. The van der Waals surface area contributed by atoms with Gasteiger partial charge in [-0.2, -0.15) is 0 Å². The van der Waals surface area contributed by atoms with Gasteiger partial charge in [0, 0.05) is 6.54 Å². The fourth-order valence-corrected chi connectivity index (χ4v) is 3.78. The largest absolute Gasteiger partial charge is 0.492 e. The Balaban J connectivity index is 1.54. The van der Waals surface area contributed by atoms with Gasteiger partial charge in [-0.15, -0.1) is 0 Å². The van der Waals surface area contributed by atoms with Gasteiger partial charge in [0.05, 0.1) is 17.2 Å². The molecular weight excluding hydrogens is 416 g/mol. The van der Waals surface area contributed by atoms with Gasteiger partial charge in [-0.3, -0.25) is 4.79 Å².